The highest BCUT2D eigenvalue weighted by molar-refractivity contribution is 6.94. The van der Waals surface area contributed by atoms with E-state index < -0.39 is 19.6 Å². The number of carbonyl (C=O) groups is 1. The van der Waals surface area contributed by atoms with Gasteiger partial charge in [0.05, 0.1) is 43.5 Å². The number of fused-ring (bicyclic) bond motifs is 5. The number of pyridine rings is 2. The van der Waals surface area contributed by atoms with Gasteiger partial charge in [-0.05, 0) is 46.0 Å². The smallest absolute Gasteiger partial charge is 0.309 e. The minimum absolute atomic E-state index is 0.0283. The first-order chi connectivity index (χ1) is 16.3. The molecular formula is C27H32N2O5Si. The summed E-state index contributed by atoms with van der Waals surface area (Å²) < 4.78 is 6.99. The monoisotopic (exact) mass is 492 g/mol. The van der Waals surface area contributed by atoms with Gasteiger partial charge < -0.3 is 19.5 Å². The molecule has 0 bridgehead atoms. The summed E-state index contributed by atoms with van der Waals surface area (Å²) in [6.45, 7) is 13.5. The fourth-order valence-electron chi connectivity index (χ4n) is 5.36. The van der Waals surface area contributed by atoms with E-state index in [4.69, 9.17) is 9.72 Å². The van der Waals surface area contributed by atoms with Crippen LogP contribution in [0.1, 0.15) is 57.2 Å². The highest BCUT2D eigenvalue weighted by Gasteiger charge is 2.44. The zero-order valence-corrected chi connectivity index (χ0v) is 22.2. The van der Waals surface area contributed by atoms with E-state index in [0.717, 1.165) is 10.9 Å². The molecule has 35 heavy (non-hydrogen) atoms. The Hall–Kier alpha value is -2.97. The van der Waals surface area contributed by atoms with Gasteiger partial charge >= 0.3 is 5.97 Å². The Morgan fingerprint density at radius 2 is 1.89 bits per heavy atom. The molecule has 1 aromatic carbocycles. The van der Waals surface area contributed by atoms with Gasteiger partial charge in [0.1, 0.15) is 18.0 Å². The van der Waals surface area contributed by atoms with E-state index in [-0.39, 0.29) is 35.8 Å². The number of carbonyl (C=O) groups excluding carboxylic acids is 1. The number of phenols is 1. The predicted molar refractivity (Wildman–Crippen MR) is 138 cm³/mol. The maximum absolute atomic E-state index is 13.7. The van der Waals surface area contributed by atoms with Crippen molar-refractivity contribution in [2.24, 2.45) is 0 Å². The van der Waals surface area contributed by atoms with Crippen molar-refractivity contribution in [1.29, 1.82) is 0 Å². The average molecular weight is 493 g/mol. The number of benzene rings is 1. The van der Waals surface area contributed by atoms with Crippen LogP contribution in [-0.2, 0) is 28.3 Å². The standard InChI is InChI=1S/C27H32N2O5Si/c1-7-27(33)12-22(31)34-14-18-19(27)11-21-23-17(13-29(21)25(18)32)24(35(5,6)26(2,3)4)16-9-8-15(30)10-20(16)28-23/h8-11,30,33H,7,12-14H2,1-6H3. The summed E-state index contributed by atoms with van der Waals surface area (Å²) in [7, 11) is -2.12. The Kier molecular flexibility index (Phi) is 5.10. The van der Waals surface area contributed by atoms with Crippen LogP contribution >= 0.6 is 0 Å². The Bertz CT molecular complexity index is 1470. The lowest BCUT2D eigenvalue weighted by atomic mass is 9.85. The third-order valence-electron chi connectivity index (χ3n) is 8.43. The van der Waals surface area contributed by atoms with Crippen molar-refractivity contribution in [3.8, 4) is 17.1 Å². The highest BCUT2D eigenvalue weighted by Crippen LogP contribution is 2.42. The minimum atomic E-state index is -2.12. The van der Waals surface area contributed by atoms with E-state index >= 15 is 0 Å². The fraction of sp³-hybridized carbons (Fsp3) is 0.444. The van der Waals surface area contributed by atoms with E-state index in [1.165, 1.54) is 5.19 Å². The van der Waals surface area contributed by atoms with Crippen molar-refractivity contribution in [3.63, 3.8) is 0 Å². The quantitative estimate of drug-likeness (QED) is 0.325. The third-order valence-corrected chi connectivity index (χ3v) is 14.0. The SMILES string of the molecule is CCC1(O)CC(=O)OCc2c1cc1n(c2=O)Cc2c-1nc1cc(O)ccc1c2[Si](C)(C)C(C)(C)C. The van der Waals surface area contributed by atoms with Gasteiger partial charge in [0.25, 0.3) is 5.56 Å². The van der Waals surface area contributed by atoms with Gasteiger partial charge in [0.15, 0.2) is 0 Å². The van der Waals surface area contributed by atoms with Crippen LogP contribution in [0.15, 0.2) is 29.1 Å². The molecule has 7 nitrogen and oxygen atoms in total. The van der Waals surface area contributed by atoms with E-state index in [2.05, 4.69) is 33.9 Å². The summed E-state index contributed by atoms with van der Waals surface area (Å²) in [4.78, 5) is 30.9. The summed E-state index contributed by atoms with van der Waals surface area (Å²) >= 11 is 0. The lowest BCUT2D eigenvalue weighted by Gasteiger charge is -2.39. The summed E-state index contributed by atoms with van der Waals surface area (Å²) in [5.74, 6) is -0.380. The summed E-state index contributed by atoms with van der Waals surface area (Å²) in [6.07, 6.45) is 0.0829. The number of aliphatic hydroxyl groups is 1. The van der Waals surface area contributed by atoms with Gasteiger partial charge in [0.2, 0.25) is 0 Å². The van der Waals surface area contributed by atoms with Crippen molar-refractivity contribution < 1.29 is 19.7 Å². The third kappa shape index (κ3) is 3.37. The van der Waals surface area contributed by atoms with Crippen molar-refractivity contribution >= 4 is 30.1 Å². The Morgan fingerprint density at radius 3 is 2.54 bits per heavy atom. The van der Waals surface area contributed by atoms with Crippen LogP contribution < -0.4 is 10.7 Å². The number of hydrogen-bond acceptors (Lipinski definition) is 6. The molecule has 4 heterocycles. The molecule has 2 aliphatic rings. The number of ether oxygens (including phenoxy) is 1. The van der Waals surface area contributed by atoms with Crippen LogP contribution in [-0.4, -0.2) is 33.8 Å². The number of esters is 1. The molecule has 5 rings (SSSR count). The Morgan fingerprint density at radius 1 is 1.17 bits per heavy atom. The number of cyclic esters (lactones) is 1. The molecule has 1 atom stereocenters. The molecule has 1 unspecified atom stereocenters. The highest BCUT2D eigenvalue weighted by atomic mass is 28.3. The predicted octanol–water partition coefficient (Wildman–Crippen LogP) is 3.89. The molecule has 2 aromatic heterocycles. The summed E-state index contributed by atoms with van der Waals surface area (Å²) in [6, 6.07) is 7.12. The molecule has 0 amide bonds. The molecule has 184 valence electrons. The second-order valence-corrected chi connectivity index (χ2v) is 16.7. The second-order valence-electron chi connectivity index (χ2n) is 11.4. The molecular weight excluding hydrogens is 460 g/mol. The van der Waals surface area contributed by atoms with Crippen molar-refractivity contribution in [2.45, 2.75) is 77.4 Å². The Balaban J connectivity index is 1.87. The number of aromatic hydroxyl groups is 1. The van der Waals surface area contributed by atoms with Crippen molar-refractivity contribution in [3.05, 3.63) is 51.3 Å². The molecule has 3 aromatic rings. The van der Waals surface area contributed by atoms with Crippen LogP contribution in [0.4, 0.5) is 0 Å². The van der Waals surface area contributed by atoms with Gasteiger partial charge in [-0.15, -0.1) is 0 Å². The van der Waals surface area contributed by atoms with E-state index in [0.29, 0.717) is 34.6 Å². The maximum Gasteiger partial charge on any atom is 0.309 e. The maximum atomic E-state index is 13.7. The van der Waals surface area contributed by atoms with E-state index in [1.54, 1.807) is 23.6 Å². The van der Waals surface area contributed by atoms with Crippen molar-refractivity contribution in [2.75, 3.05) is 0 Å². The largest absolute Gasteiger partial charge is 0.508 e. The molecule has 2 aliphatic heterocycles. The first-order valence-electron chi connectivity index (χ1n) is 12.1. The normalized spacial score (nSPS) is 19.7. The summed E-state index contributed by atoms with van der Waals surface area (Å²) in [5.41, 5.74) is 2.10. The molecule has 0 spiro atoms. The Labute approximate surface area is 205 Å². The first kappa shape index (κ1) is 23.8. The minimum Gasteiger partial charge on any atom is -0.508 e. The van der Waals surface area contributed by atoms with Gasteiger partial charge in [-0.1, -0.05) is 40.8 Å². The molecule has 2 N–H and O–H groups in total. The number of hydrogen-bond donors (Lipinski definition) is 2. The summed E-state index contributed by atoms with van der Waals surface area (Å²) in [5, 5.41) is 23.9. The van der Waals surface area contributed by atoms with Crippen LogP contribution in [0.3, 0.4) is 0 Å². The van der Waals surface area contributed by atoms with E-state index in [9.17, 15) is 19.8 Å². The van der Waals surface area contributed by atoms with Crippen LogP contribution in [0.5, 0.6) is 5.75 Å². The zero-order valence-electron chi connectivity index (χ0n) is 21.2. The van der Waals surface area contributed by atoms with Gasteiger partial charge in [-0.2, -0.15) is 0 Å². The zero-order chi connectivity index (χ0) is 25.5. The fourth-order valence-corrected chi connectivity index (χ4v) is 7.94. The van der Waals surface area contributed by atoms with Gasteiger partial charge in [0, 0.05) is 11.5 Å². The molecule has 0 aliphatic carbocycles. The van der Waals surface area contributed by atoms with Crippen LogP contribution in [0.2, 0.25) is 18.1 Å². The lowest BCUT2D eigenvalue weighted by molar-refractivity contribution is -0.149. The molecule has 8 heteroatoms. The molecule has 0 saturated carbocycles. The van der Waals surface area contributed by atoms with Crippen molar-refractivity contribution in [1.82, 2.24) is 9.55 Å². The molecule has 0 saturated heterocycles. The number of phenolic OH excluding ortho intramolecular Hbond substituents is 1. The second kappa shape index (κ2) is 7.51. The van der Waals surface area contributed by atoms with Gasteiger partial charge in [-0.3, -0.25) is 9.59 Å². The average Bonchev–Trinajstić information content (AvgIpc) is 3.07. The van der Waals surface area contributed by atoms with Crippen LogP contribution in [0, 0.1) is 0 Å². The molecule has 0 fully saturated rings. The van der Waals surface area contributed by atoms with Gasteiger partial charge in [-0.25, -0.2) is 4.98 Å². The number of nitrogens with zero attached hydrogens (tertiary/aromatic N) is 2. The van der Waals surface area contributed by atoms with Crippen LogP contribution in [0.25, 0.3) is 22.3 Å². The molecule has 0 radical (unpaired) electrons. The first-order valence-corrected chi connectivity index (χ1v) is 15.1. The lowest BCUT2D eigenvalue weighted by Crippen LogP contribution is -2.51. The topological polar surface area (TPSA) is 102 Å². The van der Waals surface area contributed by atoms with E-state index in [1.807, 2.05) is 12.1 Å². The number of rotatable bonds is 2. The number of aromatic nitrogens is 2.